The Bertz CT molecular complexity index is 452. The van der Waals surface area contributed by atoms with Crippen LogP contribution in [0.2, 0.25) is 5.02 Å². The van der Waals surface area contributed by atoms with Gasteiger partial charge in [0.2, 0.25) is 0 Å². The average Bonchev–Trinajstić information content (AvgIpc) is 2.37. The molecule has 0 aromatic heterocycles. The van der Waals surface area contributed by atoms with E-state index in [1.807, 2.05) is 13.8 Å². The lowest BCUT2D eigenvalue weighted by Crippen LogP contribution is -2.33. The van der Waals surface area contributed by atoms with Crippen molar-refractivity contribution in [2.75, 3.05) is 6.54 Å². The molecule has 106 valence electrons. The number of nitrogens with zero attached hydrogens (tertiary/aromatic N) is 2. The molecule has 0 unspecified atom stereocenters. The lowest BCUT2D eigenvalue weighted by Gasteiger charge is -2.26. The lowest BCUT2D eigenvalue weighted by molar-refractivity contribution is 0.217. The van der Waals surface area contributed by atoms with Crippen LogP contribution in [-0.4, -0.2) is 28.5 Å². The molecule has 1 aromatic rings. The molecule has 0 aliphatic carbocycles. The highest BCUT2D eigenvalue weighted by Gasteiger charge is 2.12. The van der Waals surface area contributed by atoms with Gasteiger partial charge in [-0.2, -0.15) is 0 Å². The van der Waals surface area contributed by atoms with Crippen LogP contribution in [0.5, 0.6) is 0 Å². The van der Waals surface area contributed by atoms with E-state index in [9.17, 15) is 4.39 Å². The third-order valence-corrected chi connectivity index (χ3v) is 3.19. The van der Waals surface area contributed by atoms with Gasteiger partial charge in [-0.3, -0.25) is 4.90 Å². The van der Waals surface area contributed by atoms with Crippen molar-refractivity contribution < 1.29 is 9.60 Å². The molecule has 1 rings (SSSR count). The Balaban J connectivity index is 2.70. The van der Waals surface area contributed by atoms with E-state index in [1.54, 1.807) is 12.1 Å². The summed E-state index contributed by atoms with van der Waals surface area (Å²) >= 11 is 5.65. The number of hydrogen-bond donors (Lipinski definition) is 2. The van der Waals surface area contributed by atoms with Crippen LogP contribution in [0.15, 0.2) is 23.4 Å². The maximum atomic E-state index is 13.4. The number of oxime groups is 1. The first-order chi connectivity index (χ1) is 8.93. The highest BCUT2D eigenvalue weighted by atomic mass is 35.5. The number of amidine groups is 1. The van der Waals surface area contributed by atoms with Crippen LogP contribution in [-0.2, 0) is 6.54 Å². The lowest BCUT2D eigenvalue weighted by atomic mass is 10.1. The Labute approximate surface area is 117 Å². The molecule has 0 amide bonds. The van der Waals surface area contributed by atoms with Crippen LogP contribution in [0.1, 0.15) is 25.8 Å². The summed E-state index contributed by atoms with van der Waals surface area (Å²) in [7, 11) is 0. The zero-order chi connectivity index (χ0) is 14.4. The van der Waals surface area contributed by atoms with E-state index >= 15 is 0 Å². The Kier molecular flexibility index (Phi) is 6.05. The van der Waals surface area contributed by atoms with Crippen molar-refractivity contribution in [3.8, 4) is 0 Å². The Morgan fingerprint density at radius 1 is 1.53 bits per heavy atom. The molecular formula is C13H19ClFN3O. The summed E-state index contributed by atoms with van der Waals surface area (Å²) in [5, 5.41) is 11.6. The molecule has 0 fully saturated rings. The van der Waals surface area contributed by atoms with E-state index in [0.717, 1.165) is 5.56 Å². The normalized spacial score (nSPS) is 12.4. The minimum absolute atomic E-state index is 0.122. The van der Waals surface area contributed by atoms with Gasteiger partial charge in [0.25, 0.3) is 0 Å². The van der Waals surface area contributed by atoms with E-state index in [4.69, 9.17) is 22.5 Å². The SMILES string of the molecule is CC(C)N(CC/C(N)=N/O)Cc1ccc(Cl)c(F)c1. The molecule has 0 aliphatic rings. The van der Waals surface area contributed by atoms with Gasteiger partial charge >= 0.3 is 0 Å². The highest BCUT2D eigenvalue weighted by molar-refractivity contribution is 6.30. The number of rotatable bonds is 6. The summed E-state index contributed by atoms with van der Waals surface area (Å²) in [6.45, 7) is 5.30. The molecule has 19 heavy (non-hydrogen) atoms. The zero-order valence-corrected chi connectivity index (χ0v) is 11.9. The molecular weight excluding hydrogens is 269 g/mol. The number of halogens is 2. The molecule has 0 radical (unpaired) electrons. The van der Waals surface area contributed by atoms with Crippen LogP contribution in [0.3, 0.4) is 0 Å². The zero-order valence-electron chi connectivity index (χ0n) is 11.1. The molecule has 0 spiro atoms. The first kappa shape index (κ1) is 15.7. The summed E-state index contributed by atoms with van der Waals surface area (Å²) in [5.74, 6) is -0.229. The maximum Gasteiger partial charge on any atom is 0.142 e. The van der Waals surface area contributed by atoms with Gasteiger partial charge in [-0.1, -0.05) is 22.8 Å². The molecule has 1 aromatic carbocycles. The van der Waals surface area contributed by atoms with Gasteiger partial charge < -0.3 is 10.9 Å². The van der Waals surface area contributed by atoms with E-state index in [2.05, 4.69) is 10.1 Å². The maximum absolute atomic E-state index is 13.4. The fraction of sp³-hybridized carbons (Fsp3) is 0.462. The minimum atomic E-state index is -0.417. The predicted molar refractivity (Wildman–Crippen MR) is 75.0 cm³/mol. The van der Waals surface area contributed by atoms with Gasteiger partial charge in [0.05, 0.1) is 5.02 Å². The van der Waals surface area contributed by atoms with Gasteiger partial charge in [-0.25, -0.2) is 4.39 Å². The first-order valence-electron chi connectivity index (χ1n) is 6.08. The number of nitrogens with two attached hydrogens (primary N) is 1. The summed E-state index contributed by atoms with van der Waals surface area (Å²) in [6, 6.07) is 5.05. The highest BCUT2D eigenvalue weighted by Crippen LogP contribution is 2.17. The second kappa shape index (κ2) is 7.31. The Hall–Kier alpha value is -1.33. The number of hydrogen-bond acceptors (Lipinski definition) is 3. The van der Waals surface area contributed by atoms with E-state index < -0.39 is 5.82 Å². The molecule has 0 bridgehead atoms. The molecule has 0 aliphatic heterocycles. The van der Waals surface area contributed by atoms with Crippen molar-refractivity contribution in [3.63, 3.8) is 0 Å². The summed E-state index contributed by atoms with van der Waals surface area (Å²) in [6.07, 6.45) is 0.463. The van der Waals surface area contributed by atoms with Gasteiger partial charge in [0.1, 0.15) is 11.7 Å². The van der Waals surface area contributed by atoms with Crippen LogP contribution in [0.25, 0.3) is 0 Å². The first-order valence-corrected chi connectivity index (χ1v) is 6.46. The molecule has 6 heteroatoms. The van der Waals surface area contributed by atoms with Gasteiger partial charge in [0, 0.05) is 25.6 Å². The van der Waals surface area contributed by atoms with Crippen molar-refractivity contribution in [2.45, 2.75) is 32.9 Å². The molecule has 0 atom stereocenters. The van der Waals surface area contributed by atoms with Gasteiger partial charge in [-0.15, -0.1) is 0 Å². The fourth-order valence-corrected chi connectivity index (χ4v) is 1.82. The Morgan fingerprint density at radius 2 is 2.21 bits per heavy atom. The second-order valence-electron chi connectivity index (χ2n) is 4.65. The quantitative estimate of drug-likeness (QED) is 0.366. The van der Waals surface area contributed by atoms with Crippen LogP contribution in [0.4, 0.5) is 4.39 Å². The third-order valence-electron chi connectivity index (χ3n) is 2.88. The summed E-state index contributed by atoms with van der Waals surface area (Å²) in [4.78, 5) is 2.11. The smallest absolute Gasteiger partial charge is 0.142 e. The van der Waals surface area contributed by atoms with Gasteiger partial charge in [0.15, 0.2) is 0 Å². The fourth-order valence-electron chi connectivity index (χ4n) is 1.70. The van der Waals surface area contributed by atoms with Crippen molar-refractivity contribution in [2.24, 2.45) is 10.9 Å². The van der Waals surface area contributed by atoms with Crippen LogP contribution in [0, 0.1) is 5.82 Å². The second-order valence-corrected chi connectivity index (χ2v) is 5.06. The third kappa shape index (κ3) is 5.04. The topological polar surface area (TPSA) is 61.8 Å². The van der Waals surface area contributed by atoms with Gasteiger partial charge in [-0.05, 0) is 31.5 Å². The largest absolute Gasteiger partial charge is 0.409 e. The van der Waals surface area contributed by atoms with Crippen LogP contribution < -0.4 is 5.73 Å². The van der Waals surface area contributed by atoms with Crippen LogP contribution >= 0.6 is 11.6 Å². The van der Waals surface area contributed by atoms with Crippen molar-refractivity contribution in [3.05, 3.63) is 34.6 Å². The van der Waals surface area contributed by atoms with E-state index in [-0.39, 0.29) is 16.9 Å². The average molecular weight is 288 g/mol. The van der Waals surface area contributed by atoms with Crippen molar-refractivity contribution in [1.29, 1.82) is 0 Å². The monoisotopic (exact) mass is 287 g/mol. The van der Waals surface area contributed by atoms with Crippen molar-refractivity contribution in [1.82, 2.24) is 4.90 Å². The summed E-state index contributed by atoms with van der Waals surface area (Å²) in [5.41, 5.74) is 6.30. The molecule has 0 heterocycles. The molecule has 0 saturated carbocycles. The molecule has 3 N–H and O–H groups in total. The minimum Gasteiger partial charge on any atom is -0.409 e. The predicted octanol–water partition coefficient (Wildman–Crippen LogP) is 2.83. The summed E-state index contributed by atoms with van der Waals surface area (Å²) < 4.78 is 13.4. The van der Waals surface area contributed by atoms with Crippen molar-refractivity contribution >= 4 is 17.4 Å². The van der Waals surface area contributed by atoms with E-state index in [1.165, 1.54) is 6.07 Å². The molecule has 0 saturated heterocycles. The standard InChI is InChI=1S/C13H19ClFN3O/c1-9(2)18(6-5-13(16)17-19)8-10-3-4-11(14)12(15)7-10/h3-4,7,9,19H,5-6,8H2,1-2H3,(H2,16,17). The molecule has 4 nitrogen and oxygen atoms in total. The number of benzene rings is 1. The van der Waals surface area contributed by atoms with E-state index in [0.29, 0.717) is 19.5 Å². The Morgan fingerprint density at radius 3 is 2.74 bits per heavy atom.